The molecule has 0 radical (unpaired) electrons. The summed E-state index contributed by atoms with van der Waals surface area (Å²) in [6, 6.07) is 0. The van der Waals surface area contributed by atoms with Crippen LogP contribution in [-0.4, -0.2) is 17.1 Å². The zero-order valence-electron chi connectivity index (χ0n) is 6.04. The van der Waals surface area contributed by atoms with Crippen molar-refractivity contribution in [3.8, 4) is 5.75 Å². The van der Waals surface area contributed by atoms with Crippen molar-refractivity contribution >= 4 is 17.7 Å². The van der Waals surface area contributed by atoms with Gasteiger partial charge in [0.15, 0.2) is 5.75 Å². The summed E-state index contributed by atoms with van der Waals surface area (Å²) >= 11 is 5.53. The van der Waals surface area contributed by atoms with Crippen LogP contribution in [0.15, 0.2) is 12.8 Å². The lowest BCUT2D eigenvalue weighted by Crippen LogP contribution is -1.92. The number of rotatable bonds is 2. The fourth-order valence-corrected chi connectivity index (χ4v) is 0.805. The van der Waals surface area contributed by atoms with Crippen LogP contribution >= 0.6 is 11.6 Å². The minimum Gasteiger partial charge on any atom is -0.493 e. The molecule has 0 saturated heterocycles. The van der Waals surface area contributed by atoms with Crippen LogP contribution in [0.4, 0.5) is 0 Å². The van der Waals surface area contributed by atoms with Gasteiger partial charge in [0, 0.05) is 0 Å². The molecule has 0 aliphatic carbocycles. The van der Waals surface area contributed by atoms with Gasteiger partial charge in [-0.05, 0) is 17.7 Å². The second-order valence-electron chi connectivity index (χ2n) is 1.80. The molecule has 0 aromatic carbocycles. The topological polar surface area (TPSA) is 35.0 Å². The zero-order chi connectivity index (χ0) is 8.27. The Morgan fingerprint density at radius 1 is 1.73 bits per heavy atom. The molecule has 0 aliphatic heterocycles. The van der Waals surface area contributed by atoms with E-state index in [1.807, 2.05) is 0 Å². The number of ether oxygens (including phenoxy) is 1. The molecule has 1 heterocycles. The Bertz CT molecular complexity index is 275. The summed E-state index contributed by atoms with van der Waals surface area (Å²) in [5.74, 6) is 0.574. The van der Waals surface area contributed by atoms with E-state index in [1.54, 1.807) is 13.2 Å². The Hall–Kier alpha value is -1.09. The molecular formula is C7H7ClN2O. The van der Waals surface area contributed by atoms with Crippen LogP contribution in [0.5, 0.6) is 5.75 Å². The molecule has 11 heavy (non-hydrogen) atoms. The molecule has 0 fully saturated rings. The zero-order valence-corrected chi connectivity index (χ0v) is 6.80. The van der Waals surface area contributed by atoms with Crippen molar-refractivity contribution in [3.63, 3.8) is 0 Å². The first kappa shape index (κ1) is 8.01. The van der Waals surface area contributed by atoms with Crippen LogP contribution in [-0.2, 0) is 0 Å². The number of halogens is 1. The molecule has 58 valence electrons. The van der Waals surface area contributed by atoms with E-state index in [4.69, 9.17) is 16.3 Å². The number of methoxy groups -OCH3 is 1. The molecule has 1 rings (SSSR count). The van der Waals surface area contributed by atoms with Gasteiger partial charge in [0.1, 0.15) is 5.69 Å². The van der Waals surface area contributed by atoms with Crippen LogP contribution in [0.2, 0.25) is 5.28 Å². The van der Waals surface area contributed by atoms with Crippen molar-refractivity contribution in [2.45, 2.75) is 0 Å². The highest BCUT2D eigenvalue weighted by Crippen LogP contribution is 2.16. The summed E-state index contributed by atoms with van der Waals surface area (Å²) in [7, 11) is 1.54. The Kier molecular flexibility index (Phi) is 2.44. The van der Waals surface area contributed by atoms with E-state index in [0.717, 1.165) is 0 Å². The molecule has 0 atom stereocenters. The van der Waals surface area contributed by atoms with Crippen LogP contribution in [0.25, 0.3) is 6.08 Å². The first-order valence-electron chi connectivity index (χ1n) is 2.97. The number of aromatic nitrogens is 2. The molecule has 3 nitrogen and oxygen atoms in total. The lowest BCUT2D eigenvalue weighted by Gasteiger charge is -2.01. The van der Waals surface area contributed by atoms with Gasteiger partial charge in [-0.25, -0.2) is 9.97 Å². The van der Waals surface area contributed by atoms with Crippen molar-refractivity contribution in [1.82, 2.24) is 9.97 Å². The summed E-state index contributed by atoms with van der Waals surface area (Å²) in [5, 5.41) is 0.195. The quantitative estimate of drug-likeness (QED) is 0.635. The normalized spacial score (nSPS) is 9.27. The maximum atomic E-state index is 5.53. The van der Waals surface area contributed by atoms with Crippen molar-refractivity contribution in [3.05, 3.63) is 23.8 Å². The predicted molar refractivity (Wildman–Crippen MR) is 43.7 cm³/mol. The number of hydrogen-bond acceptors (Lipinski definition) is 3. The average molecular weight is 171 g/mol. The molecule has 4 heteroatoms. The molecule has 0 amide bonds. The molecule has 0 saturated carbocycles. The van der Waals surface area contributed by atoms with E-state index < -0.39 is 0 Å². The maximum Gasteiger partial charge on any atom is 0.223 e. The maximum absolute atomic E-state index is 5.53. The van der Waals surface area contributed by atoms with E-state index >= 15 is 0 Å². The van der Waals surface area contributed by atoms with Crippen molar-refractivity contribution < 1.29 is 4.74 Å². The standard InChI is InChI=1S/C7H7ClN2O/c1-3-5-6(11-2)4-9-7(8)10-5/h3-4H,1H2,2H3. The summed E-state index contributed by atoms with van der Waals surface area (Å²) < 4.78 is 4.94. The average Bonchev–Trinajstić information content (AvgIpc) is 2.04. The van der Waals surface area contributed by atoms with Gasteiger partial charge in [-0.3, -0.25) is 0 Å². The Balaban J connectivity index is 3.16. The SMILES string of the molecule is C=Cc1nc(Cl)ncc1OC. The molecule has 0 N–H and O–H groups in total. The highest BCUT2D eigenvalue weighted by molar-refractivity contribution is 6.28. The second kappa shape index (κ2) is 3.34. The summed E-state index contributed by atoms with van der Waals surface area (Å²) in [6.45, 7) is 3.55. The van der Waals surface area contributed by atoms with Gasteiger partial charge >= 0.3 is 0 Å². The van der Waals surface area contributed by atoms with E-state index in [9.17, 15) is 0 Å². The summed E-state index contributed by atoms with van der Waals surface area (Å²) in [5.41, 5.74) is 0.604. The molecule has 0 spiro atoms. The van der Waals surface area contributed by atoms with Crippen LogP contribution < -0.4 is 4.74 Å². The Morgan fingerprint density at radius 3 is 3.00 bits per heavy atom. The summed E-state index contributed by atoms with van der Waals surface area (Å²) in [4.78, 5) is 7.61. The van der Waals surface area contributed by atoms with Gasteiger partial charge in [0.25, 0.3) is 0 Å². The fourth-order valence-electron chi connectivity index (χ4n) is 0.665. The molecular weight excluding hydrogens is 164 g/mol. The monoisotopic (exact) mass is 170 g/mol. The molecule has 1 aromatic rings. The second-order valence-corrected chi connectivity index (χ2v) is 2.13. The largest absolute Gasteiger partial charge is 0.493 e. The van der Waals surface area contributed by atoms with E-state index in [-0.39, 0.29) is 5.28 Å². The smallest absolute Gasteiger partial charge is 0.223 e. The van der Waals surface area contributed by atoms with Crippen molar-refractivity contribution in [2.75, 3.05) is 7.11 Å². The fraction of sp³-hybridized carbons (Fsp3) is 0.143. The van der Waals surface area contributed by atoms with Gasteiger partial charge < -0.3 is 4.74 Å². The van der Waals surface area contributed by atoms with Gasteiger partial charge in [0.05, 0.1) is 13.3 Å². The lowest BCUT2D eigenvalue weighted by atomic mass is 10.4. The first-order valence-corrected chi connectivity index (χ1v) is 3.34. The van der Waals surface area contributed by atoms with Gasteiger partial charge in [-0.15, -0.1) is 0 Å². The molecule has 0 aliphatic rings. The molecule has 0 unspecified atom stereocenters. The minimum absolute atomic E-state index is 0.195. The lowest BCUT2D eigenvalue weighted by molar-refractivity contribution is 0.409. The molecule has 0 bridgehead atoms. The van der Waals surface area contributed by atoms with Gasteiger partial charge in [-0.2, -0.15) is 0 Å². The third-order valence-corrected chi connectivity index (χ3v) is 1.35. The van der Waals surface area contributed by atoms with E-state index in [2.05, 4.69) is 16.5 Å². The van der Waals surface area contributed by atoms with Crippen molar-refractivity contribution in [2.24, 2.45) is 0 Å². The Labute approximate surface area is 69.7 Å². The Morgan fingerprint density at radius 2 is 2.45 bits per heavy atom. The third-order valence-electron chi connectivity index (χ3n) is 1.17. The van der Waals surface area contributed by atoms with E-state index in [1.165, 1.54) is 6.20 Å². The highest BCUT2D eigenvalue weighted by atomic mass is 35.5. The first-order chi connectivity index (χ1) is 5.27. The number of hydrogen-bond donors (Lipinski definition) is 0. The van der Waals surface area contributed by atoms with Gasteiger partial charge in [0.2, 0.25) is 5.28 Å². The van der Waals surface area contributed by atoms with E-state index in [0.29, 0.717) is 11.4 Å². The van der Waals surface area contributed by atoms with Crippen LogP contribution in [0.3, 0.4) is 0 Å². The number of nitrogens with zero attached hydrogens (tertiary/aromatic N) is 2. The third kappa shape index (κ3) is 1.68. The van der Waals surface area contributed by atoms with Gasteiger partial charge in [-0.1, -0.05) is 6.58 Å². The van der Waals surface area contributed by atoms with Crippen molar-refractivity contribution in [1.29, 1.82) is 0 Å². The van der Waals surface area contributed by atoms with Crippen LogP contribution in [0.1, 0.15) is 5.69 Å². The summed E-state index contributed by atoms with van der Waals surface area (Å²) in [6.07, 6.45) is 3.07. The minimum atomic E-state index is 0.195. The highest BCUT2D eigenvalue weighted by Gasteiger charge is 2.01. The van der Waals surface area contributed by atoms with Crippen LogP contribution in [0, 0.1) is 0 Å². The predicted octanol–water partition coefficient (Wildman–Crippen LogP) is 1.78. The molecule has 1 aromatic heterocycles.